The first kappa shape index (κ1) is 22.1. The third kappa shape index (κ3) is 4.28. The molecule has 1 N–H and O–H groups in total. The molecule has 174 valence electrons. The van der Waals surface area contributed by atoms with E-state index in [0.29, 0.717) is 59.8 Å². The maximum Gasteiger partial charge on any atom is 0.262 e. The summed E-state index contributed by atoms with van der Waals surface area (Å²) in [5.74, 6) is 1.09. The highest BCUT2D eigenvalue weighted by Gasteiger charge is 2.42. The maximum absolute atomic E-state index is 13.0. The van der Waals surface area contributed by atoms with Gasteiger partial charge < -0.3 is 14.8 Å². The second-order valence-electron chi connectivity index (χ2n) is 9.01. The molecule has 0 aromatic heterocycles. The zero-order chi connectivity index (χ0) is 23.7. The number of benzene rings is 2. The number of para-hydroxylation sites is 1. The summed E-state index contributed by atoms with van der Waals surface area (Å²) >= 11 is 0. The first-order valence-corrected chi connectivity index (χ1v) is 11.8. The van der Waals surface area contributed by atoms with Crippen molar-refractivity contribution in [2.24, 2.45) is 0 Å². The van der Waals surface area contributed by atoms with Crippen LogP contribution >= 0.6 is 0 Å². The molecule has 5 rings (SSSR count). The van der Waals surface area contributed by atoms with Crippen LogP contribution in [0.5, 0.6) is 5.75 Å². The highest BCUT2D eigenvalue weighted by atomic mass is 16.5. The van der Waals surface area contributed by atoms with Gasteiger partial charge in [0.25, 0.3) is 5.91 Å². The molecule has 2 aromatic carbocycles. The summed E-state index contributed by atoms with van der Waals surface area (Å²) in [5.41, 5.74) is 3.61. The van der Waals surface area contributed by atoms with Crippen molar-refractivity contribution in [1.82, 2.24) is 0 Å². The van der Waals surface area contributed by atoms with E-state index in [4.69, 9.17) is 9.47 Å². The van der Waals surface area contributed by atoms with Crippen LogP contribution in [0.3, 0.4) is 0 Å². The van der Waals surface area contributed by atoms with Crippen molar-refractivity contribution < 1.29 is 23.9 Å². The number of aryl methyl sites for hydroxylation is 1. The fourth-order valence-corrected chi connectivity index (χ4v) is 5.04. The lowest BCUT2D eigenvalue weighted by molar-refractivity contribution is -0.119. The minimum absolute atomic E-state index is 0.0168. The third-order valence-corrected chi connectivity index (χ3v) is 6.53. The number of carbonyl (C=O) groups is 3. The first-order chi connectivity index (χ1) is 16.5. The predicted octanol–water partition coefficient (Wildman–Crippen LogP) is 5.14. The van der Waals surface area contributed by atoms with E-state index in [9.17, 15) is 14.4 Å². The summed E-state index contributed by atoms with van der Waals surface area (Å²) in [6.45, 7) is 1.77. The molecule has 0 unspecified atom stereocenters. The molecule has 1 heterocycles. The van der Waals surface area contributed by atoms with Crippen molar-refractivity contribution in [3.8, 4) is 5.75 Å². The molecule has 0 saturated carbocycles. The van der Waals surface area contributed by atoms with Crippen molar-refractivity contribution in [2.75, 3.05) is 11.9 Å². The van der Waals surface area contributed by atoms with E-state index in [0.717, 1.165) is 24.0 Å². The molecule has 0 fully saturated rings. The minimum atomic E-state index is -0.518. The van der Waals surface area contributed by atoms with Crippen LogP contribution in [0.4, 0.5) is 5.69 Å². The predicted molar refractivity (Wildman–Crippen MR) is 127 cm³/mol. The number of rotatable bonds is 5. The molecule has 1 aliphatic heterocycles. The quantitative estimate of drug-likeness (QED) is 0.672. The molecule has 0 saturated heterocycles. The van der Waals surface area contributed by atoms with Gasteiger partial charge in [0, 0.05) is 48.1 Å². The fourth-order valence-electron chi connectivity index (χ4n) is 5.04. The zero-order valence-electron chi connectivity index (χ0n) is 19.2. The molecule has 2 aliphatic carbocycles. The van der Waals surface area contributed by atoms with E-state index < -0.39 is 5.92 Å². The molecule has 3 aliphatic rings. The van der Waals surface area contributed by atoms with Gasteiger partial charge >= 0.3 is 0 Å². The standard InChI is InChI=1S/C28H27NO5/c1-17-7-4-8-18(15-17)29-25(32)16-33-22-12-3-2-9-19(22)26-27-20(30)10-5-13-23(27)34-24-14-6-11-21(31)28(24)26/h2-4,7-9,12,15,26H,5-6,10-11,13-14,16H2,1H3,(H,29,32). The monoisotopic (exact) mass is 457 g/mol. The van der Waals surface area contributed by atoms with Crippen LogP contribution < -0.4 is 10.1 Å². The number of nitrogens with one attached hydrogen (secondary N) is 1. The smallest absolute Gasteiger partial charge is 0.262 e. The largest absolute Gasteiger partial charge is 0.483 e. The van der Waals surface area contributed by atoms with Gasteiger partial charge in [0.15, 0.2) is 18.2 Å². The van der Waals surface area contributed by atoms with E-state index in [2.05, 4.69) is 5.32 Å². The number of carbonyl (C=O) groups excluding carboxylic acids is 3. The van der Waals surface area contributed by atoms with Crippen molar-refractivity contribution >= 4 is 23.2 Å². The Bertz CT molecular complexity index is 1200. The number of ether oxygens (including phenoxy) is 2. The van der Waals surface area contributed by atoms with Crippen LogP contribution in [0.15, 0.2) is 71.2 Å². The third-order valence-electron chi connectivity index (χ3n) is 6.53. The molecule has 0 atom stereocenters. The van der Waals surface area contributed by atoms with Gasteiger partial charge in [-0.25, -0.2) is 0 Å². The second-order valence-corrected chi connectivity index (χ2v) is 9.01. The van der Waals surface area contributed by atoms with Gasteiger partial charge in [0.1, 0.15) is 17.3 Å². The number of ketones is 2. The van der Waals surface area contributed by atoms with Gasteiger partial charge in [0.2, 0.25) is 0 Å². The van der Waals surface area contributed by atoms with Gasteiger partial charge in [-0.1, -0.05) is 30.3 Å². The zero-order valence-corrected chi connectivity index (χ0v) is 19.2. The Morgan fingerprint density at radius 2 is 1.62 bits per heavy atom. The van der Waals surface area contributed by atoms with Crippen molar-refractivity contribution in [3.05, 3.63) is 82.3 Å². The lowest BCUT2D eigenvalue weighted by Crippen LogP contribution is -2.30. The maximum atomic E-state index is 13.0. The Balaban J connectivity index is 1.45. The van der Waals surface area contributed by atoms with E-state index in [1.807, 2.05) is 49.4 Å². The minimum Gasteiger partial charge on any atom is -0.483 e. The van der Waals surface area contributed by atoms with Crippen LogP contribution in [0, 0.1) is 6.92 Å². The Morgan fingerprint density at radius 1 is 0.941 bits per heavy atom. The van der Waals surface area contributed by atoms with Crippen LogP contribution in [-0.2, 0) is 19.1 Å². The molecule has 0 bridgehead atoms. The number of anilines is 1. The number of hydrogen-bond acceptors (Lipinski definition) is 5. The summed E-state index contributed by atoms with van der Waals surface area (Å²) in [6.07, 6.45) is 3.75. The van der Waals surface area contributed by atoms with E-state index in [1.54, 1.807) is 6.07 Å². The topological polar surface area (TPSA) is 81.7 Å². The average molecular weight is 458 g/mol. The fraction of sp³-hybridized carbons (Fsp3) is 0.321. The van der Waals surface area contributed by atoms with Crippen molar-refractivity contribution in [1.29, 1.82) is 0 Å². The lowest BCUT2D eigenvalue weighted by atomic mass is 9.73. The second kappa shape index (κ2) is 9.29. The van der Waals surface area contributed by atoms with Gasteiger partial charge in [0.05, 0.1) is 5.92 Å². The summed E-state index contributed by atoms with van der Waals surface area (Å²) < 4.78 is 12.1. The number of Topliss-reactive ketones (excluding diaryl/α,β-unsaturated/α-hetero) is 2. The molecule has 1 amide bonds. The molecule has 2 aromatic rings. The van der Waals surface area contributed by atoms with Gasteiger partial charge in [-0.15, -0.1) is 0 Å². The highest BCUT2D eigenvalue weighted by molar-refractivity contribution is 6.06. The van der Waals surface area contributed by atoms with Crippen molar-refractivity contribution in [3.63, 3.8) is 0 Å². The van der Waals surface area contributed by atoms with Crippen LogP contribution in [-0.4, -0.2) is 24.1 Å². The summed E-state index contributed by atoms with van der Waals surface area (Å²) in [6, 6.07) is 14.9. The Morgan fingerprint density at radius 3 is 2.29 bits per heavy atom. The lowest BCUT2D eigenvalue weighted by Gasteiger charge is -2.36. The molecular weight excluding hydrogens is 430 g/mol. The molecule has 6 heteroatoms. The molecular formula is C28H27NO5. The van der Waals surface area contributed by atoms with Crippen LogP contribution in [0.2, 0.25) is 0 Å². The Kier molecular flexibility index (Phi) is 6.05. The number of hydrogen-bond donors (Lipinski definition) is 1. The first-order valence-electron chi connectivity index (χ1n) is 11.8. The number of allylic oxidation sites excluding steroid dienone is 4. The van der Waals surface area contributed by atoms with Gasteiger partial charge in [-0.3, -0.25) is 14.4 Å². The summed E-state index contributed by atoms with van der Waals surface area (Å²) in [7, 11) is 0. The van der Waals surface area contributed by atoms with Gasteiger partial charge in [-0.05, 0) is 43.5 Å². The Hall–Kier alpha value is -3.67. The SMILES string of the molecule is Cc1cccc(NC(=O)COc2ccccc2C2C3=C(CCCC3=O)OC3=C2C(=O)CCC3)c1. The average Bonchev–Trinajstić information content (AvgIpc) is 2.82. The molecule has 0 radical (unpaired) electrons. The van der Waals surface area contributed by atoms with Crippen LogP contribution in [0.1, 0.15) is 55.6 Å². The molecule has 34 heavy (non-hydrogen) atoms. The summed E-state index contributed by atoms with van der Waals surface area (Å²) in [4.78, 5) is 38.6. The molecule has 0 spiro atoms. The number of amides is 1. The molecule has 6 nitrogen and oxygen atoms in total. The van der Waals surface area contributed by atoms with E-state index in [1.165, 1.54) is 0 Å². The highest BCUT2D eigenvalue weighted by Crippen LogP contribution is 2.49. The van der Waals surface area contributed by atoms with Crippen LogP contribution in [0.25, 0.3) is 0 Å². The van der Waals surface area contributed by atoms with E-state index >= 15 is 0 Å². The normalized spacial score (nSPS) is 18.3. The Labute approximate surface area is 198 Å². The van der Waals surface area contributed by atoms with E-state index in [-0.39, 0.29) is 24.1 Å². The summed E-state index contributed by atoms with van der Waals surface area (Å²) in [5, 5.41) is 2.85. The van der Waals surface area contributed by atoms with Crippen molar-refractivity contribution in [2.45, 2.75) is 51.4 Å². The van der Waals surface area contributed by atoms with Gasteiger partial charge in [-0.2, -0.15) is 0 Å².